The Bertz CT molecular complexity index is 255. The summed E-state index contributed by atoms with van der Waals surface area (Å²) in [6, 6.07) is 0.365. The summed E-state index contributed by atoms with van der Waals surface area (Å²) in [6.07, 6.45) is 3.61. The average molecular weight is 198 g/mol. The number of aromatic nitrogens is 2. The Labute approximate surface area is 83.1 Å². The quantitative estimate of drug-likeness (QED) is 0.628. The molecule has 1 rings (SSSR count). The lowest BCUT2D eigenvalue weighted by Crippen LogP contribution is -2.38. The zero-order chi connectivity index (χ0) is 9.68. The molecule has 0 saturated heterocycles. The highest BCUT2D eigenvalue weighted by Gasteiger charge is 1.98. The SMILES string of the molecule is CC(C)NC(=S)NCc1cn[nH]c1. The third kappa shape index (κ3) is 3.89. The molecule has 0 bridgehead atoms. The number of rotatable bonds is 3. The van der Waals surface area contributed by atoms with Crippen LogP contribution >= 0.6 is 12.2 Å². The average Bonchev–Trinajstić information content (AvgIpc) is 2.51. The van der Waals surface area contributed by atoms with Crippen molar-refractivity contribution in [1.82, 2.24) is 20.8 Å². The van der Waals surface area contributed by atoms with E-state index in [-0.39, 0.29) is 0 Å². The molecule has 0 amide bonds. The van der Waals surface area contributed by atoms with Gasteiger partial charge in [0.1, 0.15) is 0 Å². The minimum atomic E-state index is 0.365. The van der Waals surface area contributed by atoms with Gasteiger partial charge in [0.2, 0.25) is 0 Å². The van der Waals surface area contributed by atoms with Crippen LogP contribution in [-0.2, 0) is 6.54 Å². The van der Waals surface area contributed by atoms with Crippen molar-refractivity contribution in [3.63, 3.8) is 0 Å². The van der Waals surface area contributed by atoms with Crippen LogP contribution < -0.4 is 10.6 Å². The van der Waals surface area contributed by atoms with E-state index in [2.05, 4.69) is 20.8 Å². The highest BCUT2D eigenvalue weighted by molar-refractivity contribution is 7.80. The van der Waals surface area contributed by atoms with Gasteiger partial charge in [-0.15, -0.1) is 0 Å². The summed E-state index contributed by atoms with van der Waals surface area (Å²) in [7, 11) is 0. The molecule has 5 heteroatoms. The van der Waals surface area contributed by atoms with Crippen LogP contribution in [0.4, 0.5) is 0 Å². The van der Waals surface area contributed by atoms with Gasteiger partial charge in [-0.1, -0.05) is 0 Å². The maximum absolute atomic E-state index is 5.05. The van der Waals surface area contributed by atoms with Crippen LogP contribution in [0.15, 0.2) is 12.4 Å². The fourth-order valence-corrected chi connectivity index (χ4v) is 1.18. The van der Waals surface area contributed by atoms with Gasteiger partial charge in [-0.05, 0) is 26.1 Å². The highest BCUT2D eigenvalue weighted by Crippen LogP contribution is 1.91. The lowest BCUT2D eigenvalue weighted by molar-refractivity contribution is 0.712. The Hall–Kier alpha value is -1.10. The summed E-state index contributed by atoms with van der Waals surface area (Å²) >= 11 is 5.05. The Morgan fingerprint density at radius 3 is 3.00 bits per heavy atom. The van der Waals surface area contributed by atoms with Crippen molar-refractivity contribution in [2.24, 2.45) is 0 Å². The van der Waals surface area contributed by atoms with Crippen molar-refractivity contribution in [2.45, 2.75) is 26.4 Å². The van der Waals surface area contributed by atoms with Crippen LogP contribution in [0.25, 0.3) is 0 Å². The minimum Gasteiger partial charge on any atom is -0.361 e. The molecule has 0 aromatic carbocycles. The Morgan fingerprint density at radius 1 is 1.69 bits per heavy atom. The largest absolute Gasteiger partial charge is 0.361 e. The van der Waals surface area contributed by atoms with E-state index in [9.17, 15) is 0 Å². The van der Waals surface area contributed by atoms with Crippen LogP contribution in [0.1, 0.15) is 19.4 Å². The smallest absolute Gasteiger partial charge is 0.166 e. The summed E-state index contributed by atoms with van der Waals surface area (Å²) < 4.78 is 0. The van der Waals surface area contributed by atoms with Crippen molar-refractivity contribution in [3.8, 4) is 0 Å². The van der Waals surface area contributed by atoms with E-state index in [1.807, 2.05) is 20.0 Å². The molecule has 13 heavy (non-hydrogen) atoms. The van der Waals surface area contributed by atoms with Crippen molar-refractivity contribution in [2.75, 3.05) is 0 Å². The molecule has 1 heterocycles. The van der Waals surface area contributed by atoms with E-state index in [0.29, 0.717) is 17.7 Å². The number of thiocarbonyl (C=S) groups is 1. The van der Waals surface area contributed by atoms with Crippen LogP contribution in [0.5, 0.6) is 0 Å². The first kappa shape index (κ1) is 9.98. The summed E-state index contributed by atoms with van der Waals surface area (Å²) in [5.74, 6) is 0. The minimum absolute atomic E-state index is 0.365. The van der Waals surface area contributed by atoms with Crippen LogP contribution in [0, 0.1) is 0 Å². The molecule has 72 valence electrons. The lowest BCUT2D eigenvalue weighted by atomic mass is 10.3. The molecule has 1 aromatic heterocycles. The maximum Gasteiger partial charge on any atom is 0.166 e. The fraction of sp³-hybridized carbons (Fsp3) is 0.500. The van der Waals surface area contributed by atoms with Crippen molar-refractivity contribution in [3.05, 3.63) is 18.0 Å². The first-order chi connectivity index (χ1) is 6.18. The number of hydrogen-bond acceptors (Lipinski definition) is 2. The van der Waals surface area contributed by atoms with Gasteiger partial charge in [0.15, 0.2) is 5.11 Å². The molecule has 0 aliphatic heterocycles. The third-order valence-electron chi connectivity index (χ3n) is 1.43. The Morgan fingerprint density at radius 2 is 2.46 bits per heavy atom. The van der Waals surface area contributed by atoms with Gasteiger partial charge in [0, 0.05) is 24.3 Å². The monoisotopic (exact) mass is 198 g/mol. The van der Waals surface area contributed by atoms with Crippen LogP contribution in [0.3, 0.4) is 0 Å². The van der Waals surface area contributed by atoms with Gasteiger partial charge in [0.25, 0.3) is 0 Å². The first-order valence-electron chi connectivity index (χ1n) is 4.20. The van der Waals surface area contributed by atoms with Crippen LogP contribution in [-0.4, -0.2) is 21.4 Å². The number of hydrogen-bond donors (Lipinski definition) is 3. The molecular formula is C8H14N4S. The predicted octanol–water partition coefficient (Wildman–Crippen LogP) is 0.782. The summed E-state index contributed by atoms with van der Waals surface area (Å²) in [5.41, 5.74) is 1.09. The fourth-order valence-electron chi connectivity index (χ4n) is 0.870. The molecule has 0 aliphatic rings. The zero-order valence-corrected chi connectivity index (χ0v) is 8.61. The molecule has 0 saturated carbocycles. The maximum atomic E-state index is 5.05. The lowest BCUT2D eigenvalue weighted by Gasteiger charge is -2.11. The standard InChI is InChI=1S/C8H14N4S/c1-6(2)12-8(13)9-3-7-4-10-11-5-7/h4-6H,3H2,1-2H3,(H,10,11)(H2,9,12,13). The molecular weight excluding hydrogens is 184 g/mol. The highest BCUT2D eigenvalue weighted by atomic mass is 32.1. The summed E-state index contributed by atoms with van der Waals surface area (Å²) in [4.78, 5) is 0. The molecule has 0 fully saturated rings. The zero-order valence-electron chi connectivity index (χ0n) is 7.79. The van der Waals surface area contributed by atoms with Crippen molar-refractivity contribution in [1.29, 1.82) is 0 Å². The van der Waals surface area contributed by atoms with E-state index >= 15 is 0 Å². The van der Waals surface area contributed by atoms with Gasteiger partial charge in [0.05, 0.1) is 6.20 Å². The van der Waals surface area contributed by atoms with Crippen molar-refractivity contribution >= 4 is 17.3 Å². The topological polar surface area (TPSA) is 52.7 Å². The summed E-state index contributed by atoms with van der Waals surface area (Å²) in [6.45, 7) is 4.80. The third-order valence-corrected chi connectivity index (χ3v) is 1.69. The Kier molecular flexibility index (Phi) is 3.70. The predicted molar refractivity (Wildman–Crippen MR) is 56.3 cm³/mol. The second-order valence-electron chi connectivity index (χ2n) is 3.09. The first-order valence-corrected chi connectivity index (χ1v) is 4.61. The summed E-state index contributed by atoms with van der Waals surface area (Å²) in [5, 5.41) is 13.4. The molecule has 0 aliphatic carbocycles. The van der Waals surface area contributed by atoms with Gasteiger partial charge in [-0.3, -0.25) is 5.10 Å². The normalized spacial score (nSPS) is 10.1. The van der Waals surface area contributed by atoms with E-state index in [1.54, 1.807) is 6.20 Å². The number of aromatic amines is 1. The number of H-pyrrole nitrogens is 1. The van der Waals surface area contributed by atoms with E-state index in [4.69, 9.17) is 12.2 Å². The molecule has 0 radical (unpaired) electrons. The Balaban J connectivity index is 2.23. The van der Waals surface area contributed by atoms with Gasteiger partial charge < -0.3 is 10.6 Å². The van der Waals surface area contributed by atoms with E-state index in [1.165, 1.54) is 0 Å². The molecule has 4 nitrogen and oxygen atoms in total. The number of nitrogens with zero attached hydrogens (tertiary/aromatic N) is 1. The molecule has 0 atom stereocenters. The van der Waals surface area contributed by atoms with E-state index < -0.39 is 0 Å². The second-order valence-corrected chi connectivity index (χ2v) is 3.50. The van der Waals surface area contributed by atoms with Crippen molar-refractivity contribution < 1.29 is 0 Å². The molecule has 0 unspecified atom stereocenters. The van der Waals surface area contributed by atoms with Gasteiger partial charge in [-0.25, -0.2) is 0 Å². The molecule has 3 N–H and O–H groups in total. The van der Waals surface area contributed by atoms with Gasteiger partial charge >= 0.3 is 0 Å². The van der Waals surface area contributed by atoms with E-state index in [0.717, 1.165) is 5.56 Å². The van der Waals surface area contributed by atoms with Crippen LogP contribution in [0.2, 0.25) is 0 Å². The van der Waals surface area contributed by atoms with Gasteiger partial charge in [-0.2, -0.15) is 5.10 Å². The molecule has 0 spiro atoms. The second kappa shape index (κ2) is 4.81. The molecule has 1 aromatic rings. The number of nitrogens with one attached hydrogen (secondary N) is 3.